The quantitative estimate of drug-likeness (QED) is 0.547. The van der Waals surface area contributed by atoms with E-state index in [1.54, 1.807) is 26.4 Å². The molecule has 0 aromatic heterocycles. The molecule has 0 unspecified atom stereocenters. The van der Waals surface area contributed by atoms with Crippen LogP contribution in [0.25, 0.3) is 0 Å². The van der Waals surface area contributed by atoms with E-state index >= 15 is 0 Å². The van der Waals surface area contributed by atoms with E-state index in [0.29, 0.717) is 17.1 Å². The number of hydrazone groups is 1. The van der Waals surface area contributed by atoms with Crippen LogP contribution in [0.15, 0.2) is 46.0 Å². The fourth-order valence-electron chi connectivity index (χ4n) is 2.05. The number of benzene rings is 2. The average Bonchev–Trinajstić information content (AvgIpc) is 2.61. The first-order valence-corrected chi connectivity index (χ1v) is 8.36. The van der Waals surface area contributed by atoms with Gasteiger partial charge in [0.2, 0.25) is 0 Å². The molecule has 2 N–H and O–H groups in total. The number of anilines is 1. The Morgan fingerprint density at radius 2 is 1.84 bits per heavy atom. The van der Waals surface area contributed by atoms with Gasteiger partial charge in [-0.05, 0) is 41.1 Å². The third-order valence-corrected chi connectivity index (χ3v) is 4.02. The number of nitrogens with zero attached hydrogens (tertiary/aromatic N) is 1. The maximum Gasteiger partial charge on any atom is 0.259 e. The Morgan fingerprint density at radius 1 is 1.16 bits per heavy atom. The molecule has 0 bridgehead atoms. The maximum absolute atomic E-state index is 11.8. The van der Waals surface area contributed by atoms with Gasteiger partial charge in [0.1, 0.15) is 11.5 Å². The number of ether oxygens (including phenoxy) is 2. The Labute approximate surface area is 155 Å². The number of methoxy groups -OCH3 is 2. The van der Waals surface area contributed by atoms with Crippen LogP contribution in [0.2, 0.25) is 0 Å². The molecule has 0 saturated heterocycles. The second-order valence-electron chi connectivity index (χ2n) is 5.24. The van der Waals surface area contributed by atoms with Crippen molar-refractivity contribution in [1.29, 1.82) is 0 Å². The molecule has 7 heteroatoms. The monoisotopic (exact) mass is 405 g/mol. The summed E-state index contributed by atoms with van der Waals surface area (Å²) in [7, 11) is 3.14. The van der Waals surface area contributed by atoms with E-state index < -0.39 is 0 Å². The van der Waals surface area contributed by atoms with E-state index in [4.69, 9.17) is 9.47 Å². The molecular formula is C18H20BrN3O3. The van der Waals surface area contributed by atoms with Crippen LogP contribution >= 0.6 is 15.9 Å². The molecule has 0 atom stereocenters. The van der Waals surface area contributed by atoms with Gasteiger partial charge in [-0.25, -0.2) is 5.43 Å². The van der Waals surface area contributed by atoms with Crippen LogP contribution in [-0.2, 0) is 4.79 Å². The highest BCUT2D eigenvalue weighted by atomic mass is 79.9. The number of aryl methyl sites for hydroxylation is 1. The number of nitrogens with one attached hydrogen (secondary N) is 2. The SMILES string of the molecule is COc1cc(OC)c(C=NNC(=O)CNc2ccc(C)cc2)cc1Br. The predicted octanol–water partition coefficient (Wildman–Crippen LogP) is 3.34. The predicted molar refractivity (Wildman–Crippen MR) is 103 cm³/mol. The zero-order valence-electron chi connectivity index (χ0n) is 14.3. The topological polar surface area (TPSA) is 72.0 Å². The summed E-state index contributed by atoms with van der Waals surface area (Å²) in [5, 5.41) is 7.00. The fraction of sp³-hybridized carbons (Fsp3) is 0.222. The minimum absolute atomic E-state index is 0.129. The average molecular weight is 406 g/mol. The van der Waals surface area contributed by atoms with Crippen LogP contribution in [0, 0.1) is 6.92 Å². The highest BCUT2D eigenvalue weighted by molar-refractivity contribution is 9.10. The molecule has 0 spiro atoms. The van der Waals surface area contributed by atoms with Crippen molar-refractivity contribution in [2.45, 2.75) is 6.92 Å². The molecule has 0 fully saturated rings. The number of halogens is 1. The van der Waals surface area contributed by atoms with Gasteiger partial charge < -0.3 is 14.8 Å². The van der Waals surface area contributed by atoms with Crippen LogP contribution in [0.4, 0.5) is 5.69 Å². The third-order valence-electron chi connectivity index (χ3n) is 3.40. The van der Waals surface area contributed by atoms with Crippen molar-refractivity contribution in [3.63, 3.8) is 0 Å². The lowest BCUT2D eigenvalue weighted by Gasteiger charge is -2.09. The van der Waals surface area contributed by atoms with E-state index in [0.717, 1.165) is 10.2 Å². The van der Waals surface area contributed by atoms with Gasteiger partial charge in [0.15, 0.2) is 0 Å². The van der Waals surface area contributed by atoms with Crippen molar-refractivity contribution in [2.75, 3.05) is 26.1 Å². The summed E-state index contributed by atoms with van der Waals surface area (Å²) in [4.78, 5) is 11.8. The van der Waals surface area contributed by atoms with Gasteiger partial charge >= 0.3 is 0 Å². The van der Waals surface area contributed by atoms with Crippen molar-refractivity contribution < 1.29 is 14.3 Å². The lowest BCUT2D eigenvalue weighted by atomic mass is 10.2. The lowest BCUT2D eigenvalue weighted by molar-refractivity contribution is -0.119. The Bertz CT molecular complexity index is 761. The van der Waals surface area contributed by atoms with Gasteiger partial charge in [0.05, 0.1) is 31.5 Å². The van der Waals surface area contributed by atoms with Crippen LogP contribution in [0.1, 0.15) is 11.1 Å². The first-order valence-electron chi connectivity index (χ1n) is 7.57. The Balaban J connectivity index is 1.92. The van der Waals surface area contributed by atoms with Gasteiger partial charge in [0.25, 0.3) is 5.91 Å². The van der Waals surface area contributed by atoms with Crippen LogP contribution in [0.5, 0.6) is 11.5 Å². The summed E-state index contributed by atoms with van der Waals surface area (Å²) in [6.07, 6.45) is 1.52. The Morgan fingerprint density at radius 3 is 2.48 bits per heavy atom. The first kappa shape index (κ1) is 18.8. The van der Waals surface area contributed by atoms with Gasteiger partial charge in [-0.2, -0.15) is 5.10 Å². The summed E-state index contributed by atoms with van der Waals surface area (Å²) in [5.74, 6) is 1.000. The molecule has 1 amide bonds. The van der Waals surface area contributed by atoms with Crippen molar-refractivity contribution in [3.05, 3.63) is 52.0 Å². The molecule has 25 heavy (non-hydrogen) atoms. The summed E-state index contributed by atoms with van der Waals surface area (Å²) < 4.78 is 11.3. The molecule has 6 nitrogen and oxygen atoms in total. The molecule has 0 aliphatic rings. The summed E-state index contributed by atoms with van der Waals surface area (Å²) in [6.45, 7) is 2.14. The number of hydrogen-bond donors (Lipinski definition) is 2. The number of carbonyl (C=O) groups excluding carboxylic acids is 1. The van der Waals surface area contributed by atoms with Gasteiger partial charge in [-0.15, -0.1) is 0 Å². The molecule has 132 valence electrons. The largest absolute Gasteiger partial charge is 0.496 e. The normalized spacial score (nSPS) is 10.6. The minimum atomic E-state index is -0.247. The van der Waals surface area contributed by atoms with E-state index in [-0.39, 0.29) is 12.5 Å². The zero-order chi connectivity index (χ0) is 18.2. The van der Waals surface area contributed by atoms with E-state index in [9.17, 15) is 4.79 Å². The molecular weight excluding hydrogens is 386 g/mol. The molecule has 0 heterocycles. The number of carbonyl (C=O) groups is 1. The standard InChI is InChI=1S/C18H20BrN3O3/c1-12-4-6-14(7-5-12)20-11-18(23)22-21-10-13-8-15(19)17(25-3)9-16(13)24-2/h4-10,20H,11H2,1-3H3,(H,22,23). The molecule has 2 aromatic rings. The molecule has 0 radical (unpaired) electrons. The van der Waals surface area contributed by atoms with Gasteiger partial charge in [-0.1, -0.05) is 17.7 Å². The first-order chi connectivity index (χ1) is 12.0. The van der Waals surface area contributed by atoms with Crippen molar-refractivity contribution >= 4 is 33.7 Å². The number of hydrogen-bond acceptors (Lipinski definition) is 5. The molecule has 0 aliphatic carbocycles. The fourth-order valence-corrected chi connectivity index (χ4v) is 2.57. The molecule has 0 saturated carbocycles. The second-order valence-corrected chi connectivity index (χ2v) is 6.10. The highest BCUT2D eigenvalue weighted by Gasteiger charge is 2.08. The highest BCUT2D eigenvalue weighted by Crippen LogP contribution is 2.31. The van der Waals surface area contributed by atoms with E-state index in [1.165, 1.54) is 11.8 Å². The summed E-state index contributed by atoms with van der Waals surface area (Å²) in [6, 6.07) is 11.3. The van der Waals surface area contributed by atoms with Crippen LogP contribution in [-0.4, -0.2) is 32.9 Å². The van der Waals surface area contributed by atoms with Crippen molar-refractivity contribution in [1.82, 2.24) is 5.43 Å². The maximum atomic E-state index is 11.8. The second kappa shape index (κ2) is 9.08. The van der Waals surface area contributed by atoms with Gasteiger partial charge in [-0.3, -0.25) is 4.79 Å². The smallest absolute Gasteiger partial charge is 0.259 e. The molecule has 0 aliphatic heterocycles. The molecule has 2 aromatic carbocycles. The van der Waals surface area contributed by atoms with Gasteiger partial charge in [0, 0.05) is 17.3 Å². The third kappa shape index (κ3) is 5.49. The zero-order valence-corrected chi connectivity index (χ0v) is 15.9. The van der Waals surface area contributed by atoms with Crippen LogP contribution in [0.3, 0.4) is 0 Å². The van der Waals surface area contributed by atoms with Crippen molar-refractivity contribution in [2.24, 2.45) is 5.10 Å². The lowest BCUT2D eigenvalue weighted by Crippen LogP contribution is -2.25. The van der Waals surface area contributed by atoms with Crippen molar-refractivity contribution in [3.8, 4) is 11.5 Å². The number of amides is 1. The summed E-state index contributed by atoms with van der Waals surface area (Å²) in [5.41, 5.74) is 5.23. The minimum Gasteiger partial charge on any atom is -0.496 e. The Kier molecular flexibility index (Phi) is 6.82. The summed E-state index contributed by atoms with van der Waals surface area (Å²) >= 11 is 3.41. The Hall–Kier alpha value is -2.54. The molecule has 2 rings (SSSR count). The number of rotatable bonds is 7. The van der Waals surface area contributed by atoms with Crippen LogP contribution < -0.4 is 20.2 Å². The van der Waals surface area contributed by atoms with E-state index in [1.807, 2.05) is 31.2 Å². The van der Waals surface area contributed by atoms with E-state index in [2.05, 4.69) is 31.8 Å².